The zero-order valence-electron chi connectivity index (χ0n) is 15.1. The van der Waals surface area contributed by atoms with Crippen LogP contribution < -0.4 is 16.5 Å². The number of hydrogen-bond acceptors (Lipinski definition) is 5. The van der Waals surface area contributed by atoms with E-state index in [0.29, 0.717) is 17.7 Å². The summed E-state index contributed by atoms with van der Waals surface area (Å²) in [6.45, 7) is 2.37. The van der Waals surface area contributed by atoms with Crippen LogP contribution in [-0.4, -0.2) is 23.7 Å². The van der Waals surface area contributed by atoms with E-state index in [9.17, 15) is 14.0 Å². The molecule has 0 spiro atoms. The van der Waals surface area contributed by atoms with E-state index in [1.54, 1.807) is 10.6 Å². The van der Waals surface area contributed by atoms with Crippen molar-refractivity contribution in [2.75, 3.05) is 18.2 Å². The van der Waals surface area contributed by atoms with Gasteiger partial charge in [0.15, 0.2) is 5.82 Å². The third-order valence-electron chi connectivity index (χ3n) is 5.06. The predicted octanol–water partition coefficient (Wildman–Crippen LogP) is 3.27. The van der Waals surface area contributed by atoms with Crippen LogP contribution in [0.15, 0.2) is 17.1 Å². The number of pyridine rings is 1. The molecule has 1 aliphatic carbocycles. The number of nitrogen functional groups attached to an aromatic ring is 1. The van der Waals surface area contributed by atoms with Crippen LogP contribution in [0.4, 0.5) is 15.8 Å². The fourth-order valence-corrected chi connectivity index (χ4v) is 3.64. The van der Waals surface area contributed by atoms with Crippen LogP contribution in [0.25, 0.3) is 10.9 Å². The molecular formula is C19H24FN3O3. The fraction of sp³-hybridized carbons (Fsp3) is 0.474. The normalized spacial score (nSPS) is 15.2. The summed E-state index contributed by atoms with van der Waals surface area (Å²) in [5.74, 6) is -1.41. The Balaban J connectivity index is 2.18. The molecule has 6 nitrogen and oxygen atoms in total. The summed E-state index contributed by atoms with van der Waals surface area (Å²) >= 11 is 0. The Bertz CT molecular complexity index is 901. The molecule has 1 fully saturated rings. The van der Waals surface area contributed by atoms with Gasteiger partial charge in [-0.25, -0.2) is 9.18 Å². The molecule has 7 heteroatoms. The van der Waals surface area contributed by atoms with Gasteiger partial charge in [0.1, 0.15) is 5.56 Å². The number of aromatic nitrogens is 1. The van der Waals surface area contributed by atoms with E-state index in [1.165, 1.54) is 19.7 Å². The van der Waals surface area contributed by atoms with E-state index < -0.39 is 17.2 Å². The predicted molar refractivity (Wildman–Crippen MR) is 100 cm³/mol. The van der Waals surface area contributed by atoms with E-state index in [-0.39, 0.29) is 22.7 Å². The first-order valence-electron chi connectivity index (χ1n) is 8.97. The first-order chi connectivity index (χ1) is 12.5. The van der Waals surface area contributed by atoms with Crippen LogP contribution in [0.3, 0.4) is 0 Å². The lowest BCUT2D eigenvalue weighted by atomic mass is 9.95. The van der Waals surface area contributed by atoms with E-state index in [2.05, 4.69) is 10.1 Å². The number of fused-ring (bicyclic) bond motifs is 1. The first-order valence-corrected chi connectivity index (χ1v) is 8.97. The molecule has 1 aromatic carbocycles. The Kier molecular flexibility index (Phi) is 5.15. The third kappa shape index (κ3) is 3.13. The number of esters is 1. The molecule has 0 aliphatic heterocycles. The number of nitrogens with zero attached hydrogens (tertiary/aromatic N) is 1. The molecule has 2 aromatic rings. The average molecular weight is 361 g/mol. The lowest BCUT2D eigenvalue weighted by molar-refractivity contribution is 0.0598. The van der Waals surface area contributed by atoms with E-state index in [1.807, 2.05) is 6.92 Å². The van der Waals surface area contributed by atoms with Gasteiger partial charge in [0.05, 0.1) is 29.4 Å². The van der Waals surface area contributed by atoms with Gasteiger partial charge in [0.2, 0.25) is 5.43 Å². The molecular weight excluding hydrogens is 337 g/mol. The SMILES string of the molecule is CCn1cc(C(=O)OC)c(=O)c2c(N)c(F)c(NC3CCCCC3)cc21. The molecule has 0 atom stereocenters. The van der Waals surface area contributed by atoms with Gasteiger partial charge in [-0.05, 0) is 25.8 Å². The van der Waals surface area contributed by atoms with Crippen LogP contribution >= 0.6 is 0 Å². The maximum absolute atomic E-state index is 14.9. The largest absolute Gasteiger partial charge is 0.465 e. The molecule has 3 N–H and O–H groups in total. The number of hydrogen-bond donors (Lipinski definition) is 2. The Hall–Kier alpha value is -2.57. The summed E-state index contributed by atoms with van der Waals surface area (Å²) < 4.78 is 21.2. The highest BCUT2D eigenvalue weighted by Crippen LogP contribution is 2.31. The maximum Gasteiger partial charge on any atom is 0.343 e. The van der Waals surface area contributed by atoms with Crippen LogP contribution in [0.5, 0.6) is 0 Å². The second kappa shape index (κ2) is 7.35. The van der Waals surface area contributed by atoms with E-state index >= 15 is 0 Å². The van der Waals surface area contributed by atoms with Gasteiger partial charge in [-0.15, -0.1) is 0 Å². The van der Waals surface area contributed by atoms with Gasteiger partial charge >= 0.3 is 5.97 Å². The molecule has 3 rings (SSSR count). The molecule has 0 radical (unpaired) electrons. The van der Waals surface area contributed by atoms with E-state index in [4.69, 9.17) is 5.73 Å². The minimum absolute atomic E-state index is 0.0152. The van der Waals surface area contributed by atoms with Crippen molar-refractivity contribution >= 4 is 28.2 Å². The molecule has 1 saturated carbocycles. The van der Waals surface area contributed by atoms with Crippen molar-refractivity contribution in [3.8, 4) is 0 Å². The van der Waals surface area contributed by atoms with Crippen molar-refractivity contribution in [2.45, 2.75) is 51.6 Å². The zero-order valence-corrected chi connectivity index (χ0v) is 15.1. The number of carbonyl (C=O) groups excluding carboxylic acids is 1. The standard InChI is InChI=1S/C19H24FN3O3/c1-3-23-10-12(19(25)26-2)18(24)15-14(23)9-13(16(20)17(15)21)22-11-7-5-4-6-8-11/h9-11,22H,3-8,21H2,1-2H3. The number of ether oxygens (including phenoxy) is 1. The molecule has 1 aliphatic rings. The Morgan fingerprint density at radius 3 is 2.69 bits per heavy atom. The summed E-state index contributed by atoms with van der Waals surface area (Å²) in [5.41, 5.74) is 5.78. The molecule has 1 aromatic heterocycles. The molecule has 0 bridgehead atoms. The van der Waals surface area contributed by atoms with Crippen LogP contribution in [0.1, 0.15) is 49.4 Å². The lowest BCUT2D eigenvalue weighted by Gasteiger charge is -2.25. The summed E-state index contributed by atoms with van der Waals surface area (Å²) in [5, 5.41) is 3.25. The molecule has 26 heavy (non-hydrogen) atoms. The molecule has 0 amide bonds. The van der Waals surface area contributed by atoms with Gasteiger partial charge in [-0.2, -0.15) is 0 Å². The second-order valence-electron chi connectivity index (χ2n) is 6.67. The van der Waals surface area contributed by atoms with Crippen molar-refractivity contribution in [2.24, 2.45) is 0 Å². The van der Waals surface area contributed by atoms with Crippen molar-refractivity contribution in [3.63, 3.8) is 0 Å². The van der Waals surface area contributed by atoms with Crippen molar-refractivity contribution < 1.29 is 13.9 Å². The molecule has 0 saturated heterocycles. The summed E-state index contributed by atoms with van der Waals surface area (Å²) in [4.78, 5) is 24.6. The Morgan fingerprint density at radius 2 is 2.08 bits per heavy atom. The third-order valence-corrected chi connectivity index (χ3v) is 5.06. The van der Waals surface area contributed by atoms with Crippen molar-refractivity contribution in [1.29, 1.82) is 0 Å². The smallest absolute Gasteiger partial charge is 0.343 e. The van der Waals surface area contributed by atoms with Gasteiger partial charge in [0.25, 0.3) is 0 Å². The minimum atomic E-state index is -0.761. The fourth-order valence-electron chi connectivity index (χ4n) is 3.64. The summed E-state index contributed by atoms with van der Waals surface area (Å²) in [6, 6.07) is 1.81. The summed E-state index contributed by atoms with van der Waals surface area (Å²) in [6.07, 6.45) is 6.85. The van der Waals surface area contributed by atoms with Crippen molar-refractivity contribution in [3.05, 3.63) is 33.9 Å². The number of methoxy groups -OCH3 is 1. The molecule has 1 heterocycles. The quantitative estimate of drug-likeness (QED) is 0.645. The van der Waals surface area contributed by atoms with Crippen LogP contribution in [-0.2, 0) is 11.3 Å². The van der Waals surface area contributed by atoms with Gasteiger partial charge in [-0.3, -0.25) is 4.79 Å². The Morgan fingerprint density at radius 1 is 1.38 bits per heavy atom. The number of rotatable bonds is 4. The Labute approximate surface area is 151 Å². The highest BCUT2D eigenvalue weighted by molar-refractivity contribution is 5.99. The number of nitrogens with one attached hydrogen (secondary N) is 1. The molecule has 0 unspecified atom stereocenters. The van der Waals surface area contributed by atoms with Gasteiger partial charge in [0, 0.05) is 18.8 Å². The molecule has 140 valence electrons. The van der Waals surface area contributed by atoms with Gasteiger partial charge < -0.3 is 20.4 Å². The number of carbonyl (C=O) groups is 1. The van der Waals surface area contributed by atoms with Crippen molar-refractivity contribution in [1.82, 2.24) is 4.57 Å². The van der Waals surface area contributed by atoms with Gasteiger partial charge in [-0.1, -0.05) is 19.3 Å². The highest BCUT2D eigenvalue weighted by atomic mass is 19.1. The minimum Gasteiger partial charge on any atom is -0.465 e. The zero-order chi connectivity index (χ0) is 18.8. The first kappa shape index (κ1) is 18.2. The topological polar surface area (TPSA) is 86.3 Å². The number of nitrogens with two attached hydrogens (primary N) is 1. The highest BCUT2D eigenvalue weighted by Gasteiger charge is 2.22. The van der Waals surface area contributed by atoms with E-state index in [0.717, 1.165) is 25.7 Å². The maximum atomic E-state index is 14.9. The lowest BCUT2D eigenvalue weighted by Crippen LogP contribution is -2.24. The second-order valence-corrected chi connectivity index (χ2v) is 6.67. The number of benzene rings is 1. The van der Waals surface area contributed by atoms with Crippen LogP contribution in [0.2, 0.25) is 0 Å². The average Bonchev–Trinajstić information content (AvgIpc) is 2.66. The number of anilines is 2. The summed E-state index contributed by atoms with van der Waals surface area (Å²) in [7, 11) is 1.20. The number of aryl methyl sites for hydroxylation is 1. The monoisotopic (exact) mass is 361 g/mol. The number of halogens is 1. The van der Waals surface area contributed by atoms with Crippen LogP contribution in [0, 0.1) is 5.82 Å².